The first-order valence-corrected chi connectivity index (χ1v) is 9.39. The van der Waals surface area contributed by atoms with Gasteiger partial charge in [-0.2, -0.15) is 0 Å². The zero-order chi connectivity index (χ0) is 22.3. The number of hydrogen-bond donors (Lipinski definition) is 3. The Labute approximate surface area is 168 Å². The van der Waals surface area contributed by atoms with Gasteiger partial charge in [-0.15, -0.1) is 0 Å². The Morgan fingerprint density at radius 1 is 0.964 bits per heavy atom. The SMILES string of the molecule is C=C(C(=O)O)C(C=C(CC)C(=O)O)CCCC.C=C(CCCN(C)C)C(=O)O. The average molecular weight is 398 g/mol. The van der Waals surface area contributed by atoms with Crippen LogP contribution in [-0.2, 0) is 14.4 Å². The van der Waals surface area contributed by atoms with E-state index >= 15 is 0 Å². The molecule has 1 atom stereocenters. The summed E-state index contributed by atoms with van der Waals surface area (Å²) >= 11 is 0. The molecule has 7 heteroatoms. The summed E-state index contributed by atoms with van der Waals surface area (Å²) < 4.78 is 0. The van der Waals surface area contributed by atoms with Gasteiger partial charge in [-0.3, -0.25) is 0 Å². The molecule has 0 aliphatic rings. The molecule has 0 aromatic carbocycles. The lowest BCUT2D eigenvalue weighted by atomic mass is 9.91. The molecule has 0 fully saturated rings. The molecular formula is C21H35NO6. The van der Waals surface area contributed by atoms with Gasteiger partial charge in [0.2, 0.25) is 0 Å². The minimum Gasteiger partial charge on any atom is -0.478 e. The van der Waals surface area contributed by atoms with Gasteiger partial charge >= 0.3 is 17.9 Å². The van der Waals surface area contributed by atoms with Crippen molar-refractivity contribution in [2.24, 2.45) is 5.92 Å². The van der Waals surface area contributed by atoms with Crippen molar-refractivity contribution in [3.8, 4) is 0 Å². The minimum absolute atomic E-state index is 0.0608. The van der Waals surface area contributed by atoms with Gasteiger partial charge in [0.1, 0.15) is 0 Å². The standard InChI is InChI=1S/C13H20O4.C8H15NO2/c1-4-6-7-11(9(3)12(14)15)8-10(5-2)13(16)17;1-7(8(10)11)5-4-6-9(2)3/h8,11H,3-7H2,1-2H3,(H,14,15)(H,16,17);1,4-6H2,2-3H3,(H,10,11). The molecule has 0 aliphatic heterocycles. The predicted octanol–water partition coefficient (Wildman–Crippen LogP) is 3.82. The molecule has 7 nitrogen and oxygen atoms in total. The molecule has 0 aromatic rings. The van der Waals surface area contributed by atoms with E-state index in [1.54, 1.807) is 6.92 Å². The van der Waals surface area contributed by atoms with Gasteiger partial charge in [-0.25, -0.2) is 14.4 Å². The molecule has 1 unspecified atom stereocenters. The zero-order valence-electron chi connectivity index (χ0n) is 17.5. The number of carbonyl (C=O) groups is 3. The van der Waals surface area contributed by atoms with Crippen molar-refractivity contribution in [2.75, 3.05) is 20.6 Å². The third kappa shape index (κ3) is 13.7. The van der Waals surface area contributed by atoms with Crippen LogP contribution in [0.4, 0.5) is 0 Å². The first kappa shape index (κ1) is 27.8. The molecule has 0 aliphatic carbocycles. The third-order valence-corrected chi connectivity index (χ3v) is 4.04. The highest BCUT2D eigenvalue weighted by molar-refractivity contribution is 5.89. The molecular weight excluding hydrogens is 362 g/mol. The summed E-state index contributed by atoms with van der Waals surface area (Å²) in [5.41, 5.74) is 0.603. The van der Waals surface area contributed by atoms with Crippen LogP contribution in [0.5, 0.6) is 0 Å². The van der Waals surface area contributed by atoms with Crippen molar-refractivity contribution in [2.45, 2.75) is 52.4 Å². The fraction of sp³-hybridized carbons (Fsp3) is 0.571. The lowest BCUT2D eigenvalue weighted by molar-refractivity contribution is -0.134. The lowest BCUT2D eigenvalue weighted by Crippen LogP contribution is -2.13. The normalized spacial score (nSPS) is 12.0. The van der Waals surface area contributed by atoms with E-state index in [-0.39, 0.29) is 11.1 Å². The number of unbranched alkanes of at least 4 members (excludes halogenated alkanes) is 1. The summed E-state index contributed by atoms with van der Waals surface area (Å²) in [5.74, 6) is -3.34. The van der Waals surface area contributed by atoms with Crippen molar-refractivity contribution in [3.05, 3.63) is 36.0 Å². The monoisotopic (exact) mass is 397 g/mol. The van der Waals surface area contributed by atoms with Gasteiger partial charge in [-0.1, -0.05) is 45.9 Å². The summed E-state index contributed by atoms with van der Waals surface area (Å²) in [4.78, 5) is 34.0. The van der Waals surface area contributed by atoms with E-state index in [0.29, 0.717) is 24.8 Å². The number of rotatable bonds is 13. The zero-order valence-corrected chi connectivity index (χ0v) is 17.5. The van der Waals surface area contributed by atoms with Crippen molar-refractivity contribution in [3.63, 3.8) is 0 Å². The Bertz CT molecular complexity index is 577. The Hall–Kier alpha value is -2.41. The topological polar surface area (TPSA) is 115 Å². The van der Waals surface area contributed by atoms with Crippen LogP contribution < -0.4 is 0 Å². The average Bonchev–Trinajstić information content (AvgIpc) is 2.61. The molecule has 3 N–H and O–H groups in total. The summed E-state index contributed by atoms with van der Waals surface area (Å²) in [5, 5.41) is 26.3. The molecule has 0 aromatic heterocycles. The second-order valence-electron chi connectivity index (χ2n) is 6.75. The Morgan fingerprint density at radius 2 is 1.54 bits per heavy atom. The largest absolute Gasteiger partial charge is 0.478 e. The van der Waals surface area contributed by atoms with Gasteiger partial charge in [0, 0.05) is 22.6 Å². The van der Waals surface area contributed by atoms with Crippen LogP contribution in [0.2, 0.25) is 0 Å². The molecule has 28 heavy (non-hydrogen) atoms. The van der Waals surface area contributed by atoms with E-state index in [1.165, 1.54) is 6.08 Å². The van der Waals surface area contributed by atoms with E-state index in [0.717, 1.165) is 25.8 Å². The van der Waals surface area contributed by atoms with Crippen LogP contribution in [0.25, 0.3) is 0 Å². The summed E-state index contributed by atoms with van der Waals surface area (Å²) in [6.07, 6.45) is 5.75. The van der Waals surface area contributed by atoms with Gasteiger partial charge in [-0.05, 0) is 46.3 Å². The van der Waals surface area contributed by atoms with Crippen LogP contribution in [0.15, 0.2) is 36.0 Å². The Balaban J connectivity index is 0. The van der Waals surface area contributed by atoms with Crippen LogP contribution in [0, 0.1) is 5.92 Å². The van der Waals surface area contributed by atoms with Crippen LogP contribution in [0.3, 0.4) is 0 Å². The maximum atomic E-state index is 10.9. The lowest BCUT2D eigenvalue weighted by Gasteiger charge is -2.13. The van der Waals surface area contributed by atoms with Crippen LogP contribution in [0.1, 0.15) is 52.4 Å². The van der Waals surface area contributed by atoms with Crippen molar-refractivity contribution in [1.82, 2.24) is 4.90 Å². The Kier molecular flexibility index (Phi) is 15.5. The highest BCUT2D eigenvalue weighted by Gasteiger charge is 2.18. The second kappa shape index (κ2) is 15.6. The number of nitrogens with zero attached hydrogens (tertiary/aromatic N) is 1. The van der Waals surface area contributed by atoms with E-state index in [4.69, 9.17) is 15.3 Å². The smallest absolute Gasteiger partial charge is 0.331 e. The first-order chi connectivity index (χ1) is 13.0. The van der Waals surface area contributed by atoms with Crippen molar-refractivity contribution in [1.29, 1.82) is 0 Å². The molecule has 0 heterocycles. The third-order valence-electron chi connectivity index (χ3n) is 4.04. The molecule has 0 rings (SSSR count). The molecule has 0 spiro atoms. The molecule has 160 valence electrons. The van der Waals surface area contributed by atoms with E-state index < -0.39 is 23.8 Å². The van der Waals surface area contributed by atoms with Crippen molar-refractivity contribution < 1.29 is 29.7 Å². The molecule has 0 bridgehead atoms. The number of hydrogen-bond acceptors (Lipinski definition) is 4. The summed E-state index contributed by atoms with van der Waals surface area (Å²) in [6, 6.07) is 0. The minimum atomic E-state index is -1.07. The number of allylic oxidation sites excluding steroid dienone is 1. The van der Waals surface area contributed by atoms with Gasteiger partial charge in [0.05, 0.1) is 0 Å². The summed E-state index contributed by atoms with van der Waals surface area (Å²) in [7, 11) is 3.92. The predicted molar refractivity (Wildman–Crippen MR) is 110 cm³/mol. The quantitative estimate of drug-likeness (QED) is 0.405. The molecule has 0 radical (unpaired) electrons. The van der Waals surface area contributed by atoms with Gasteiger partial charge < -0.3 is 20.2 Å². The number of carboxylic acids is 3. The van der Waals surface area contributed by atoms with Crippen molar-refractivity contribution >= 4 is 17.9 Å². The number of carboxylic acid groups (broad SMARTS) is 3. The van der Waals surface area contributed by atoms with Gasteiger partial charge in [0.15, 0.2) is 0 Å². The maximum absolute atomic E-state index is 10.9. The fourth-order valence-electron chi connectivity index (χ4n) is 2.24. The van der Waals surface area contributed by atoms with E-state index in [9.17, 15) is 14.4 Å². The number of aliphatic carboxylic acids is 3. The summed E-state index contributed by atoms with van der Waals surface area (Å²) in [6.45, 7) is 11.6. The van der Waals surface area contributed by atoms with Crippen LogP contribution in [-0.4, -0.2) is 58.8 Å². The molecule has 0 saturated heterocycles. The van der Waals surface area contributed by atoms with Gasteiger partial charge in [0.25, 0.3) is 0 Å². The molecule has 0 saturated carbocycles. The Morgan fingerprint density at radius 3 is 1.89 bits per heavy atom. The maximum Gasteiger partial charge on any atom is 0.331 e. The highest BCUT2D eigenvalue weighted by Crippen LogP contribution is 2.21. The fourth-order valence-corrected chi connectivity index (χ4v) is 2.24. The second-order valence-corrected chi connectivity index (χ2v) is 6.75. The first-order valence-electron chi connectivity index (χ1n) is 9.39. The van der Waals surface area contributed by atoms with E-state index in [2.05, 4.69) is 13.2 Å². The highest BCUT2D eigenvalue weighted by atomic mass is 16.4. The van der Waals surface area contributed by atoms with E-state index in [1.807, 2.05) is 25.9 Å². The van der Waals surface area contributed by atoms with Crippen LogP contribution >= 0.6 is 0 Å². The molecule has 0 amide bonds.